The first-order valence-electron chi connectivity index (χ1n) is 15.4. The number of amides is 1. The van der Waals surface area contributed by atoms with E-state index in [0.717, 1.165) is 50.8 Å². The van der Waals surface area contributed by atoms with Crippen LogP contribution in [0.15, 0.2) is 53.6 Å². The number of hydrogen-bond acceptors (Lipinski definition) is 12. The number of nitrogens with one attached hydrogen (secondary N) is 3. The van der Waals surface area contributed by atoms with Crippen LogP contribution in [0.4, 0.5) is 21.7 Å². The van der Waals surface area contributed by atoms with Gasteiger partial charge in [-0.15, -0.1) is 5.10 Å². The number of aromatic nitrogens is 6. The summed E-state index contributed by atoms with van der Waals surface area (Å²) in [5, 5.41) is 18.8. The number of benzene rings is 2. The van der Waals surface area contributed by atoms with E-state index in [1.165, 1.54) is 11.2 Å². The molecule has 0 unspecified atom stereocenters. The fourth-order valence-electron chi connectivity index (χ4n) is 5.90. The normalized spacial score (nSPS) is 20.3. The Morgan fingerprint density at radius 2 is 1.89 bits per heavy atom. The van der Waals surface area contributed by atoms with E-state index < -0.39 is 23.9 Å². The fraction of sp³-hybridized carbons (Fsp3) is 0.387. The van der Waals surface area contributed by atoms with Gasteiger partial charge >= 0.3 is 5.69 Å². The van der Waals surface area contributed by atoms with Crippen molar-refractivity contribution in [2.45, 2.75) is 24.7 Å². The molecule has 47 heavy (non-hydrogen) atoms. The molecule has 242 valence electrons. The zero-order valence-corrected chi connectivity index (χ0v) is 25.3. The maximum absolute atomic E-state index is 15.1. The minimum absolute atomic E-state index is 0.182. The second-order valence-corrected chi connectivity index (χ2v) is 11.6. The molecule has 0 aliphatic carbocycles. The molecular weight excluding hydrogens is 609 g/mol. The number of likely N-dealkylation sites (tertiary alicyclic amines) is 1. The van der Waals surface area contributed by atoms with Crippen LogP contribution in [0.1, 0.15) is 22.6 Å². The molecule has 16 heteroatoms. The molecule has 7 rings (SSSR count). The monoisotopic (exact) mass is 641 g/mol. The standard InChI is InChI=1S/C31H32FN11O4/c32-24-15-43(29(44)28-38-31(45)40-39-28)8-7-26(24)47-25-6-1-19(13-20(25)14-33)27-34-18-35-30(37-27)36-21-2-4-22(5-3-21)41-9-11-42(12-10-41)23-16-46-17-23/h1-6,13,18,23-24,26H,7-12,15-17H2,(H,34,35,36,37)(H2,38,39,40,45)/t24-,26+/m1/s1. The molecule has 3 fully saturated rings. The number of rotatable bonds is 8. The third-order valence-corrected chi connectivity index (χ3v) is 8.62. The number of piperazine rings is 1. The molecule has 2 aromatic heterocycles. The van der Waals surface area contributed by atoms with Crippen LogP contribution in [0.3, 0.4) is 0 Å². The first kappa shape index (κ1) is 30.3. The predicted octanol–water partition coefficient (Wildman–Crippen LogP) is 1.72. The van der Waals surface area contributed by atoms with Gasteiger partial charge in [0.2, 0.25) is 11.8 Å². The van der Waals surface area contributed by atoms with Gasteiger partial charge in [0, 0.05) is 56.1 Å². The van der Waals surface area contributed by atoms with Gasteiger partial charge in [0.05, 0.1) is 31.4 Å². The Balaban J connectivity index is 0.966. The van der Waals surface area contributed by atoms with Gasteiger partial charge in [-0.3, -0.25) is 14.7 Å². The molecule has 0 bridgehead atoms. The Hall–Kier alpha value is -5.40. The number of H-pyrrole nitrogens is 2. The van der Waals surface area contributed by atoms with E-state index in [4.69, 9.17) is 9.47 Å². The van der Waals surface area contributed by atoms with Gasteiger partial charge in [0.25, 0.3) is 5.91 Å². The number of hydrogen-bond donors (Lipinski definition) is 3. The number of ether oxygens (including phenoxy) is 2. The van der Waals surface area contributed by atoms with Crippen molar-refractivity contribution in [3.63, 3.8) is 0 Å². The number of nitriles is 1. The van der Waals surface area contributed by atoms with Crippen molar-refractivity contribution in [2.75, 3.05) is 62.7 Å². The number of carbonyl (C=O) groups is 1. The van der Waals surface area contributed by atoms with Crippen molar-refractivity contribution >= 4 is 23.2 Å². The van der Waals surface area contributed by atoms with Gasteiger partial charge in [0.1, 0.15) is 24.3 Å². The fourth-order valence-corrected chi connectivity index (χ4v) is 5.90. The van der Waals surface area contributed by atoms with Crippen LogP contribution < -0.4 is 20.6 Å². The molecule has 2 aromatic carbocycles. The van der Waals surface area contributed by atoms with Gasteiger partial charge in [-0.25, -0.2) is 24.3 Å². The molecule has 3 aliphatic rings. The SMILES string of the molecule is N#Cc1cc(-c2ncnc(Nc3ccc(N4CCN(C5COC5)CC4)cc3)n2)ccc1O[C@H]1CCN(C(=O)c2n[nH]c(=O)[nH]2)C[C@H]1F. The minimum Gasteiger partial charge on any atom is -0.486 e. The summed E-state index contributed by atoms with van der Waals surface area (Å²) in [5.74, 6) is 0.144. The van der Waals surface area contributed by atoms with Crippen LogP contribution in [0.2, 0.25) is 0 Å². The summed E-state index contributed by atoms with van der Waals surface area (Å²) in [5.41, 5.74) is 2.12. The Kier molecular flexibility index (Phi) is 8.46. The Bertz CT molecular complexity index is 1830. The molecule has 15 nitrogen and oxygen atoms in total. The summed E-state index contributed by atoms with van der Waals surface area (Å²) < 4.78 is 26.3. The van der Waals surface area contributed by atoms with E-state index in [2.05, 4.69) is 63.5 Å². The average molecular weight is 642 g/mol. The van der Waals surface area contributed by atoms with Crippen LogP contribution in [0.25, 0.3) is 11.4 Å². The summed E-state index contributed by atoms with van der Waals surface area (Å²) in [4.78, 5) is 45.3. The maximum Gasteiger partial charge on any atom is 0.341 e. The predicted molar refractivity (Wildman–Crippen MR) is 167 cm³/mol. The molecule has 2 atom stereocenters. The summed E-state index contributed by atoms with van der Waals surface area (Å²) in [6.07, 6.45) is -0.816. The topological polar surface area (TPSA) is 181 Å². The largest absolute Gasteiger partial charge is 0.486 e. The van der Waals surface area contributed by atoms with E-state index in [1.807, 2.05) is 12.1 Å². The lowest BCUT2D eigenvalue weighted by Gasteiger charge is -2.43. The van der Waals surface area contributed by atoms with Gasteiger partial charge in [0.15, 0.2) is 12.0 Å². The molecular formula is C31H32FN11O4. The van der Waals surface area contributed by atoms with Crippen molar-refractivity contribution in [3.05, 3.63) is 70.7 Å². The molecule has 5 heterocycles. The summed E-state index contributed by atoms with van der Waals surface area (Å²) in [6, 6.07) is 15.7. The van der Waals surface area contributed by atoms with E-state index in [-0.39, 0.29) is 36.6 Å². The lowest BCUT2D eigenvalue weighted by Crippen LogP contribution is -2.56. The Morgan fingerprint density at radius 3 is 2.57 bits per heavy atom. The van der Waals surface area contributed by atoms with E-state index in [9.17, 15) is 14.9 Å². The Morgan fingerprint density at radius 1 is 1.09 bits per heavy atom. The summed E-state index contributed by atoms with van der Waals surface area (Å²) in [7, 11) is 0. The van der Waals surface area contributed by atoms with Gasteiger partial charge in [-0.05, 0) is 42.5 Å². The molecule has 0 radical (unpaired) electrons. The second-order valence-electron chi connectivity index (χ2n) is 11.6. The smallest absolute Gasteiger partial charge is 0.341 e. The van der Waals surface area contributed by atoms with Crippen molar-refractivity contribution in [1.82, 2.24) is 39.9 Å². The van der Waals surface area contributed by atoms with E-state index >= 15 is 4.39 Å². The third-order valence-electron chi connectivity index (χ3n) is 8.62. The average Bonchev–Trinajstić information content (AvgIpc) is 3.51. The van der Waals surface area contributed by atoms with E-state index in [1.54, 1.807) is 18.2 Å². The highest BCUT2D eigenvalue weighted by molar-refractivity contribution is 5.90. The number of carbonyl (C=O) groups excluding carboxylic acids is 1. The van der Waals surface area contributed by atoms with Crippen molar-refractivity contribution < 1.29 is 18.7 Å². The number of piperidine rings is 1. The first-order valence-corrected chi connectivity index (χ1v) is 15.4. The highest BCUT2D eigenvalue weighted by atomic mass is 19.1. The quantitative estimate of drug-likeness (QED) is 0.254. The molecule has 3 aliphatic heterocycles. The molecule has 0 saturated carbocycles. The van der Waals surface area contributed by atoms with Crippen LogP contribution >= 0.6 is 0 Å². The highest BCUT2D eigenvalue weighted by Crippen LogP contribution is 2.29. The number of halogens is 1. The van der Waals surface area contributed by atoms with Crippen LogP contribution in [0, 0.1) is 11.3 Å². The zero-order chi connectivity index (χ0) is 32.3. The number of nitrogens with zero attached hydrogens (tertiary/aromatic N) is 8. The summed E-state index contributed by atoms with van der Waals surface area (Å²) >= 11 is 0. The molecule has 1 amide bonds. The van der Waals surface area contributed by atoms with Gasteiger partial charge < -0.3 is 24.6 Å². The van der Waals surface area contributed by atoms with Crippen molar-refractivity contribution in [1.29, 1.82) is 5.26 Å². The third kappa shape index (κ3) is 6.62. The van der Waals surface area contributed by atoms with Gasteiger partial charge in [-0.2, -0.15) is 10.2 Å². The Labute approximate surface area is 268 Å². The van der Waals surface area contributed by atoms with Crippen LogP contribution in [-0.4, -0.2) is 117 Å². The number of anilines is 3. The number of aromatic amines is 2. The molecule has 3 N–H and O–H groups in total. The second kappa shape index (κ2) is 13.1. The minimum atomic E-state index is -1.52. The maximum atomic E-state index is 15.1. The molecule has 0 spiro atoms. The van der Waals surface area contributed by atoms with Crippen LogP contribution in [-0.2, 0) is 4.74 Å². The van der Waals surface area contributed by atoms with Crippen molar-refractivity contribution in [2.24, 2.45) is 0 Å². The molecule has 4 aromatic rings. The van der Waals surface area contributed by atoms with Gasteiger partial charge in [-0.1, -0.05) is 0 Å². The lowest BCUT2D eigenvalue weighted by molar-refractivity contribution is -0.0660. The number of alkyl halides is 1. The van der Waals surface area contributed by atoms with E-state index in [0.29, 0.717) is 23.4 Å². The summed E-state index contributed by atoms with van der Waals surface area (Å²) in [6.45, 7) is 5.62. The first-order chi connectivity index (χ1) is 22.9. The van der Waals surface area contributed by atoms with Crippen molar-refractivity contribution in [3.8, 4) is 23.2 Å². The van der Waals surface area contributed by atoms with Crippen LogP contribution in [0.5, 0.6) is 5.75 Å². The highest BCUT2D eigenvalue weighted by Gasteiger charge is 2.35. The zero-order valence-electron chi connectivity index (χ0n) is 25.3. The lowest BCUT2D eigenvalue weighted by atomic mass is 10.0. The molecule has 3 saturated heterocycles.